The van der Waals surface area contributed by atoms with E-state index in [-0.39, 0.29) is 24.7 Å². The largest absolute Gasteiger partial charge is 0.389 e. The van der Waals surface area contributed by atoms with E-state index in [1.807, 2.05) is 23.9 Å². The molecule has 1 saturated heterocycles. The molecule has 1 fully saturated rings. The molecule has 0 aromatic heterocycles. The van der Waals surface area contributed by atoms with Crippen LogP contribution in [0.5, 0.6) is 0 Å². The fourth-order valence-corrected chi connectivity index (χ4v) is 1.99. The van der Waals surface area contributed by atoms with Gasteiger partial charge in [-0.3, -0.25) is 9.69 Å². The van der Waals surface area contributed by atoms with Crippen LogP contribution in [0.2, 0.25) is 0 Å². The first kappa shape index (κ1) is 14.4. The number of carbonyl (C=O) groups excluding carboxylic acids is 1. The molecule has 0 spiro atoms. The molecule has 0 bridgehead atoms. The van der Waals surface area contributed by atoms with E-state index in [0.717, 1.165) is 13.1 Å². The fourth-order valence-electron chi connectivity index (χ4n) is 1.99. The molecule has 1 heterocycles. The van der Waals surface area contributed by atoms with Gasteiger partial charge in [-0.15, -0.1) is 0 Å². The maximum atomic E-state index is 12.0. The number of nitrogens with zero attached hydrogens (tertiary/aromatic N) is 2. The van der Waals surface area contributed by atoms with Crippen molar-refractivity contribution in [3.63, 3.8) is 0 Å². The molecule has 0 N–H and O–H groups in total. The van der Waals surface area contributed by atoms with Gasteiger partial charge in [-0.05, 0) is 20.5 Å². The second-order valence-electron chi connectivity index (χ2n) is 4.69. The second kappa shape index (κ2) is 5.82. The lowest BCUT2D eigenvalue weighted by atomic mass is 10.0. The highest BCUT2D eigenvalue weighted by Crippen LogP contribution is 2.22. The molecule has 1 atom stereocenters. The van der Waals surface area contributed by atoms with Crippen LogP contribution in [0.3, 0.4) is 0 Å². The highest BCUT2D eigenvalue weighted by molar-refractivity contribution is 5.84. The summed E-state index contributed by atoms with van der Waals surface area (Å²) in [5, 5.41) is 0. The SMILES string of the molecule is CN1CCN(C)C(C(=O)CCCC(F)(F)F)C1. The van der Waals surface area contributed by atoms with Crippen LogP contribution in [-0.2, 0) is 4.79 Å². The average Bonchev–Trinajstić information content (AvgIpc) is 2.19. The van der Waals surface area contributed by atoms with Gasteiger partial charge < -0.3 is 4.90 Å². The van der Waals surface area contributed by atoms with Crippen molar-refractivity contribution in [1.82, 2.24) is 9.80 Å². The monoisotopic (exact) mass is 252 g/mol. The van der Waals surface area contributed by atoms with Crippen LogP contribution in [0.1, 0.15) is 19.3 Å². The number of ketones is 1. The molecule has 1 rings (SSSR count). The van der Waals surface area contributed by atoms with Crippen molar-refractivity contribution >= 4 is 5.78 Å². The fraction of sp³-hybridized carbons (Fsp3) is 0.909. The van der Waals surface area contributed by atoms with Gasteiger partial charge in [0.1, 0.15) is 0 Å². The molecule has 1 aliphatic heterocycles. The standard InChI is InChI=1S/C11H19F3N2O/c1-15-6-7-16(2)9(8-15)10(17)4-3-5-11(12,13)14/h9H,3-8H2,1-2H3. The Morgan fingerprint density at radius 2 is 1.94 bits per heavy atom. The van der Waals surface area contributed by atoms with E-state index >= 15 is 0 Å². The van der Waals surface area contributed by atoms with Gasteiger partial charge in [-0.1, -0.05) is 0 Å². The number of rotatable bonds is 4. The van der Waals surface area contributed by atoms with E-state index in [4.69, 9.17) is 0 Å². The Morgan fingerprint density at radius 1 is 1.29 bits per heavy atom. The van der Waals surface area contributed by atoms with Gasteiger partial charge in [0.25, 0.3) is 0 Å². The summed E-state index contributed by atoms with van der Waals surface area (Å²) in [6.07, 6.45) is -5.11. The van der Waals surface area contributed by atoms with Crippen molar-refractivity contribution in [2.45, 2.75) is 31.5 Å². The predicted molar refractivity (Wildman–Crippen MR) is 58.8 cm³/mol. The molecule has 0 saturated carbocycles. The smallest absolute Gasteiger partial charge is 0.303 e. The van der Waals surface area contributed by atoms with Gasteiger partial charge >= 0.3 is 6.18 Å². The predicted octanol–water partition coefficient (Wildman–Crippen LogP) is 1.53. The lowest BCUT2D eigenvalue weighted by Crippen LogP contribution is -2.53. The first-order chi connectivity index (χ1) is 7.79. The van der Waals surface area contributed by atoms with Gasteiger partial charge in [0.2, 0.25) is 0 Å². The number of halogens is 3. The number of hydrogen-bond donors (Lipinski definition) is 0. The van der Waals surface area contributed by atoms with Crippen LogP contribution in [-0.4, -0.2) is 61.5 Å². The summed E-state index contributed by atoms with van der Waals surface area (Å²) in [5.41, 5.74) is 0. The first-order valence-electron chi connectivity index (χ1n) is 5.78. The Labute approximate surface area is 99.6 Å². The van der Waals surface area contributed by atoms with E-state index < -0.39 is 12.6 Å². The van der Waals surface area contributed by atoms with E-state index in [2.05, 4.69) is 0 Å². The number of carbonyl (C=O) groups is 1. The highest BCUT2D eigenvalue weighted by Gasteiger charge is 2.30. The van der Waals surface area contributed by atoms with Crippen LogP contribution in [0.25, 0.3) is 0 Å². The summed E-state index contributed by atoms with van der Waals surface area (Å²) in [7, 11) is 3.77. The lowest BCUT2D eigenvalue weighted by molar-refractivity contribution is -0.138. The summed E-state index contributed by atoms with van der Waals surface area (Å²) in [6.45, 7) is 2.29. The van der Waals surface area contributed by atoms with Crippen LogP contribution in [0.15, 0.2) is 0 Å². The van der Waals surface area contributed by atoms with Gasteiger partial charge in [0.05, 0.1) is 6.04 Å². The molecule has 0 aromatic rings. The third-order valence-electron chi connectivity index (χ3n) is 3.11. The quantitative estimate of drug-likeness (QED) is 0.758. The van der Waals surface area contributed by atoms with Gasteiger partial charge in [0.15, 0.2) is 5.78 Å². The zero-order chi connectivity index (χ0) is 13.1. The van der Waals surface area contributed by atoms with Crippen LogP contribution < -0.4 is 0 Å². The summed E-state index contributed by atoms with van der Waals surface area (Å²) in [6, 6.07) is -0.248. The van der Waals surface area contributed by atoms with Crippen molar-refractivity contribution in [2.75, 3.05) is 33.7 Å². The van der Waals surface area contributed by atoms with Gasteiger partial charge in [-0.25, -0.2) is 0 Å². The van der Waals surface area contributed by atoms with Crippen LogP contribution in [0, 0.1) is 0 Å². The molecule has 17 heavy (non-hydrogen) atoms. The molecule has 0 amide bonds. The third-order valence-corrected chi connectivity index (χ3v) is 3.11. The van der Waals surface area contributed by atoms with E-state index in [1.165, 1.54) is 0 Å². The van der Waals surface area contributed by atoms with Crippen molar-refractivity contribution in [1.29, 1.82) is 0 Å². The number of alkyl halides is 3. The zero-order valence-corrected chi connectivity index (χ0v) is 10.3. The molecule has 0 aromatic carbocycles. The maximum absolute atomic E-state index is 12.0. The number of hydrogen-bond acceptors (Lipinski definition) is 3. The summed E-state index contributed by atoms with van der Waals surface area (Å²) in [5.74, 6) is -0.0803. The normalized spacial score (nSPS) is 23.9. The minimum atomic E-state index is -4.16. The highest BCUT2D eigenvalue weighted by atomic mass is 19.4. The Bertz CT molecular complexity index is 268. The zero-order valence-electron chi connectivity index (χ0n) is 10.3. The summed E-state index contributed by atoms with van der Waals surface area (Å²) in [4.78, 5) is 15.8. The molecule has 1 aliphatic rings. The molecule has 1 unspecified atom stereocenters. The Balaban J connectivity index is 2.36. The molecular formula is C11H19F3N2O. The lowest BCUT2D eigenvalue weighted by Gasteiger charge is -2.36. The molecule has 0 aliphatic carbocycles. The van der Waals surface area contributed by atoms with Crippen molar-refractivity contribution in [3.8, 4) is 0 Å². The summed E-state index contributed by atoms with van der Waals surface area (Å²) >= 11 is 0. The Hall–Kier alpha value is -0.620. The molecule has 100 valence electrons. The third kappa shape index (κ3) is 5.04. The second-order valence-corrected chi connectivity index (χ2v) is 4.69. The first-order valence-corrected chi connectivity index (χ1v) is 5.78. The van der Waals surface area contributed by atoms with Crippen LogP contribution >= 0.6 is 0 Å². The van der Waals surface area contributed by atoms with Crippen molar-refractivity contribution < 1.29 is 18.0 Å². The summed E-state index contributed by atoms with van der Waals surface area (Å²) < 4.78 is 35.9. The molecular weight excluding hydrogens is 233 g/mol. The molecule has 6 heteroatoms. The van der Waals surface area contributed by atoms with Gasteiger partial charge in [-0.2, -0.15) is 13.2 Å². The number of likely N-dealkylation sites (N-methyl/N-ethyl adjacent to an activating group) is 2. The van der Waals surface area contributed by atoms with Crippen LogP contribution in [0.4, 0.5) is 13.2 Å². The topological polar surface area (TPSA) is 23.6 Å². The van der Waals surface area contributed by atoms with Gasteiger partial charge in [0, 0.05) is 32.5 Å². The Morgan fingerprint density at radius 3 is 2.53 bits per heavy atom. The molecule has 3 nitrogen and oxygen atoms in total. The van der Waals surface area contributed by atoms with E-state index in [1.54, 1.807) is 0 Å². The average molecular weight is 252 g/mol. The van der Waals surface area contributed by atoms with Crippen molar-refractivity contribution in [2.24, 2.45) is 0 Å². The van der Waals surface area contributed by atoms with Crippen molar-refractivity contribution in [3.05, 3.63) is 0 Å². The molecule has 0 radical (unpaired) electrons. The van der Waals surface area contributed by atoms with E-state index in [0.29, 0.717) is 6.54 Å². The minimum absolute atomic E-state index is 0.0162. The Kier molecular flexibility index (Phi) is 4.94. The van der Waals surface area contributed by atoms with E-state index in [9.17, 15) is 18.0 Å². The number of piperazine rings is 1. The maximum Gasteiger partial charge on any atom is 0.389 e. The number of Topliss-reactive ketones (excluding diaryl/α,β-unsaturated/α-hetero) is 1. The minimum Gasteiger partial charge on any atom is -0.303 e.